The number of nitrogens with zero attached hydrogens (tertiary/aromatic N) is 3. The summed E-state index contributed by atoms with van der Waals surface area (Å²) in [5.41, 5.74) is 0.432. The fourth-order valence-corrected chi connectivity index (χ4v) is 3.30. The zero-order chi connectivity index (χ0) is 32.1. The van der Waals surface area contributed by atoms with Gasteiger partial charge in [-0.25, -0.2) is 14.4 Å². The maximum atomic E-state index is 11.8. The quantitative estimate of drug-likeness (QED) is 0.265. The number of benzene rings is 1. The molecule has 0 bridgehead atoms. The number of carbonyl (C=O) groups is 9. The molecule has 43 heavy (non-hydrogen) atoms. The highest BCUT2D eigenvalue weighted by Gasteiger charge is 2.40. The lowest BCUT2D eigenvalue weighted by molar-refractivity contribution is -0.137. The molecule has 0 radical (unpaired) electrons. The Balaban J connectivity index is 0.000000229. The van der Waals surface area contributed by atoms with Gasteiger partial charge in [0.25, 0.3) is 23.6 Å². The minimum absolute atomic E-state index is 0.00407. The summed E-state index contributed by atoms with van der Waals surface area (Å²) in [5, 5.41) is 0. The van der Waals surface area contributed by atoms with E-state index in [0.717, 1.165) is 12.2 Å². The zero-order valence-electron chi connectivity index (χ0n) is 22.6. The highest BCUT2D eigenvalue weighted by atomic mass is 16.6. The van der Waals surface area contributed by atoms with E-state index in [9.17, 15) is 43.2 Å². The first kappa shape index (κ1) is 33.2. The molecule has 4 rings (SSSR count). The summed E-state index contributed by atoms with van der Waals surface area (Å²) in [6, 6.07) is 6.25. The molecular formula is C28H25N3O12. The van der Waals surface area contributed by atoms with Crippen molar-refractivity contribution in [2.75, 3.05) is 19.8 Å². The van der Waals surface area contributed by atoms with E-state index in [1.54, 1.807) is 12.1 Å². The van der Waals surface area contributed by atoms with E-state index in [1.807, 2.05) is 0 Å². The molecule has 0 N–H and O–H groups in total. The van der Waals surface area contributed by atoms with Crippen LogP contribution >= 0.6 is 0 Å². The van der Waals surface area contributed by atoms with Crippen LogP contribution in [0.5, 0.6) is 0 Å². The second-order valence-corrected chi connectivity index (χ2v) is 8.06. The molecule has 0 unspecified atom stereocenters. The second-order valence-electron chi connectivity index (χ2n) is 8.06. The Bertz CT molecular complexity index is 1340. The van der Waals surface area contributed by atoms with Gasteiger partial charge in [0.1, 0.15) is 19.8 Å². The van der Waals surface area contributed by atoms with E-state index in [2.05, 4.69) is 33.9 Å². The molecule has 1 fully saturated rings. The fraction of sp³-hybridized carbons (Fsp3) is 0.179. The molecule has 3 aliphatic rings. The first-order valence-electron chi connectivity index (χ1n) is 12.2. The summed E-state index contributed by atoms with van der Waals surface area (Å²) in [7, 11) is 0. The van der Waals surface area contributed by atoms with Gasteiger partial charge in [0, 0.05) is 25.0 Å². The molecule has 0 atom stereocenters. The number of hydrogen-bond donors (Lipinski definition) is 0. The molecule has 3 aliphatic heterocycles. The lowest BCUT2D eigenvalue weighted by atomic mass is 10.1. The van der Waals surface area contributed by atoms with Crippen LogP contribution in [0.3, 0.4) is 0 Å². The Kier molecular flexibility index (Phi) is 12.1. The van der Waals surface area contributed by atoms with Gasteiger partial charge in [-0.15, -0.1) is 0 Å². The number of ether oxygens (including phenoxy) is 3. The highest BCUT2D eigenvalue weighted by molar-refractivity contribution is 6.28. The molecule has 9 amide bonds. The number of imide groups is 9. The van der Waals surface area contributed by atoms with Gasteiger partial charge in [-0.3, -0.25) is 28.8 Å². The summed E-state index contributed by atoms with van der Waals surface area (Å²) in [6.45, 7) is 9.93. The van der Waals surface area contributed by atoms with E-state index in [1.165, 1.54) is 30.4 Å². The molecule has 3 heterocycles. The number of rotatable bonds is 6. The van der Waals surface area contributed by atoms with Crippen LogP contribution in [0.1, 0.15) is 33.6 Å². The maximum absolute atomic E-state index is 11.8. The second kappa shape index (κ2) is 15.7. The van der Waals surface area contributed by atoms with E-state index >= 15 is 0 Å². The van der Waals surface area contributed by atoms with Crippen LogP contribution in [-0.4, -0.2) is 88.2 Å². The summed E-state index contributed by atoms with van der Waals surface area (Å²) < 4.78 is 13.7. The molecule has 0 spiro atoms. The normalized spacial score (nSPS) is 14.7. The lowest BCUT2D eigenvalue weighted by Crippen LogP contribution is -2.36. The Labute approximate surface area is 244 Å². The molecule has 0 saturated carbocycles. The van der Waals surface area contributed by atoms with E-state index in [0.29, 0.717) is 14.7 Å². The predicted molar refractivity (Wildman–Crippen MR) is 144 cm³/mol. The molecular weight excluding hydrogens is 570 g/mol. The molecule has 0 aromatic heterocycles. The molecule has 15 heteroatoms. The first-order valence-corrected chi connectivity index (χ1v) is 12.2. The minimum Gasteiger partial charge on any atom is -0.445 e. The van der Waals surface area contributed by atoms with Crippen molar-refractivity contribution in [2.45, 2.75) is 12.8 Å². The topological polar surface area (TPSA) is 191 Å². The number of amides is 9. The minimum atomic E-state index is -0.976. The largest absolute Gasteiger partial charge is 0.445 e. The van der Waals surface area contributed by atoms with Gasteiger partial charge in [0.2, 0.25) is 11.8 Å². The number of likely N-dealkylation sites (tertiary alicyclic amines) is 1. The average Bonchev–Trinajstić information content (AvgIpc) is 3.60. The van der Waals surface area contributed by atoms with Crippen molar-refractivity contribution in [3.05, 3.63) is 85.5 Å². The molecule has 1 aromatic carbocycles. The molecule has 0 aliphatic carbocycles. The summed E-state index contributed by atoms with van der Waals surface area (Å²) in [6.07, 6.45) is 3.40. The van der Waals surface area contributed by atoms with Gasteiger partial charge in [0.05, 0.1) is 11.1 Å². The van der Waals surface area contributed by atoms with Gasteiger partial charge < -0.3 is 14.2 Å². The van der Waals surface area contributed by atoms with Gasteiger partial charge >= 0.3 is 18.3 Å². The van der Waals surface area contributed by atoms with Crippen molar-refractivity contribution >= 4 is 53.7 Å². The first-order chi connectivity index (χ1) is 20.5. The average molecular weight is 596 g/mol. The van der Waals surface area contributed by atoms with Gasteiger partial charge in [-0.2, -0.15) is 14.7 Å². The van der Waals surface area contributed by atoms with E-state index in [4.69, 9.17) is 0 Å². The van der Waals surface area contributed by atoms with Crippen LogP contribution in [0.4, 0.5) is 14.4 Å². The summed E-state index contributed by atoms with van der Waals surface area (Å²) >= 11 is 0. The Morgan fingerprint density at radius 2 is 0.953 bits per heavy atom. The van der Waals surface area contributed by atoms with Crippen molar-refractivity contribution in [1.29, 1.82) is 0 Å². The third-order valence-corrected chi connectivity index (χ3v) is 5.18. The van der Waals surface area contributed by atoms with Crippen LogP contribution < -0.4 is 0 Å². The van der Waals surface area contributed by atoms with E-state index < -0.39 is 53.7 Å². The molecule has 224 valence electrons. The Hall–Kier alpha value is -5.99. The molecule has 1 aromatic rings. The highest BCUT2D eigenvalue weighted by Crippen LogP contribution is 2.23. The van der Waals surface area contributed by atoms with Crippen LogP contribution in [0.15, 0.2) is 74.4 Å². The number of carbonyl (C=O) groups excluding carboxylic acids is 9. The predicted octanol–water partition coefficient (Wildman–Crippen LogP) is 2.30. The Morgan fingerprint density at radius 3 is 1.33 bits per heavy atom. The smallest absolute Gasteiger partial charge is 0.424 e. The monoisotopic (exact) mass is 595 g/mol. The van der Waals surface area contributed by atoms with Crippen molar-refractivity contribution < 1.29 is 57.4 Å². The van der Waals surface area contributed by atoms with Crippen LogP contribution in [0.25, 0.3) is 0 Å². The number of hydrogen-bond acceptors (Lipinski definition) is 12. The van der Waals surface area contributed by atoms with Crippen molar-refractivity contribution in [2.24, 2.45) is 0 Å². The third-order valence-electron chi connectivity index (χ3n) is 5.18. The SMILES string of the molecule is C=CCOC(=O)N1C(=O)C=CC1=O.C=CCOC(=O)N1C(=O)CCC1=O.C=CCOC(=O)N1C(=O)c2ccccc2C1=O. The third kappa shape index (κ3) is 8.26. The maximum Gasteiger partial charge on any atom is 0.424 e. The van der Waals surface area contributed by atoms with Crippen molar-refractivity contribution in [1.82, 2.24) is 14.7 Å². The van der Waals surface area contributed by atoms with Crippen LogP contribution in [0, 0.1) is 0 Å². The van der Waals surface area contributed by atoms with Crippen molar-refractivity contribution in [3.63, 3.8) is 0 Å². The van der Waals surface area contributed by atoms with E-state index in [-0.39, 0.29) is 43.8 Å². The van der Waals surface area contributed by atoms with Crippen LogP contribution in [-0.2, 0) is 33.4 Å². The Morgan fingerprint density at radius 1 is 0.605 bits per heavy atom. The lowest BCUT2D eigenvalue weighted by Gasteiger charge is -2.10. The van der Waals surface area contributed by atoms with Gasteiger partial charge in [-0.1, -0.05) is 50.1 Å². The van der Waals surface area contributed by atoms with Crippen LogP contribution in [0.2, 0.25) is 0 Å². The van der Waals surface area contributed by atoms with Gasteiger partial charge in [-0.05, 0) is 12.1 Å². The molecule has 1 saturated heterocycles. The standard InChI is InChI=1S/C12H9NO4.C8H9NO4.C8H7NO4/c1-2-7-17-12(16)13-10(14)8-5-3-4-6-9(8)11(13)15;2*1-2-5-13-8(12)9-6(10)3-4-7(9)11/h2-6H,1,7H2;2H,1,3-5H2;2-4H,1,5H2. The van der Waals surface area contributed by atoms with Gasteiger partial charge in [0.15, 0.2) is 0 Å². The van der Waals surface area contributed by atoms with Crippen molar-refractivity contribution in [3.8, 4) is 0 Å². The summed E-state index contributed by atoms with van der Waals surface area (Å²) in [5.74, 6) is -3.67. The summed E-state index contributed by atoms with van der Waals surface area (Å²) in [4.78, 5) is 102. The number of fused-ring (bicyclic) bond motifs is 1. The fourth-order valence-electron chi connectivity index (χ4n) is 3.30. The molecule has 15 nitrogen and oxygen atoms in total. The zero-order valence-corrected chi connectivity index (χ0v) is 22.6.